The van der Waals surface area contributed by atoms with Gasteiger partial charge in [-0.2, -0.15) is 5.10 Å². The fourth-order valence-electron chi connectivity index (χ4n) is 2.47. The van der Waals surface area contributed by atoms with Gasteiger partial charge in [-0.05, 0) is 29.8 Å². The molecule has 8 heteroatoms. The molecule has 140 valence electrons. The second kappa shape index (κ2) is 8.68. The third-order valence-electron chi connectivity index (χ3n) is 3.89. The van der Waals surface area contributed by atoms with E-state index in [0.29, 0.717) is 29.0 Å². The number of hydrogen-bond donors (Lipinski definition) is 0. The molecule has 2 aromatic rings. The predicted octanol–water partition coefficient (Wildman–Crippen LogP) is 3.31. The molecule has 1 aliphatic heterocycles. The fourth-order valence-corrected chi connectivity index (χ4v) is 3.30. The number of ether oxygens (including phenoxy) is 2. The van der Waals surface area contributed by atoms with Gasteiger partial charge in [-0.25, -0.2) is 4.39 Å². The van der Waals surface area contributed by atoms with Crippen molar-refractivity contribution in [3.8, 4) is 11.5 Å². The molecule has 0 radical (unpaired) electrons. The summed E-state index contributed by atoms with van der Waals surface area (Å²) >= 11 is 1.32. The molecule has 1 fully saturated rings. The molecule has 1 amide bonds. The highest BCUT2D eigenvalue weighted by molar-refractivity contribution is 8.15. The minimum absolute atomic E-state index is 0.0553. The topological polar surface area (TPSA) is 63.5 Å². The Balaban J connectivity index is 1.76. The zero-order valence-electron chi connectivity index (χ0n) is 14.9. The molecular formula is C19H18FN3O3S. The summed E-state index contributed by atoms with van der Waals surface area (Å²) in [5, 5.41) is 8.78. The van der Waals surface area contributed by atoms with Gasteiger partial charge in [-0.1, -0.05) is 23.9 Å². The molecule has 0 bridgehead atoms. The summed E-state index contributed by atoms with van der Waals surface area (Å²) in [4.78, 5) is 13.7. The van der Waals surface area contributed by atoms with Crippen LogP contribution < -0.4 is 9.47 Å². The molecule has 0 saturated carbocycles. The average molecular weight is 387 g/mol. The standard InChI is InChI=1S/C19H18FN3O3S/c1-25-16-8-5-14(17(9-16)26-2)10-21-22-19-23(18(24)12-27-19)11-13-3-6-15(20)7-4-13/h3-10H,11-12H2,1-2H3/b21-10-,22-19-. The number of nitrogens with zero attached hydrogens (tertiary/aromatic N) is 3. The van der Waals surface area contributed by atoms with Crippen molar-refractivity contribution in [2.75, 3.05) is 20.0 Å². The lowest BCUT2D eigenvalue weighted by Gasteiger charge is -2.15. The molecule has 27 heavy (non-hydrogen) atoms. The van der Waals surface area contributed by atoms with Crippen LogP contribution >= 0.6 is 11.8 Å². The van der Waals surface area contributed by atoms with Gasteiger partial charge in [0.25, 0.3) is 0 Å². The van der Waals surface area contributed by atoms with Crippen LogP contribution in [0.2, 0.25) is 0 Å². The van der Waals surface area contributed by atoms with Gasteiger partial charge in [0.2, 0.25) is 5.91 Å². The maximum Gasteiger partial charge on any atom is 0.239 e. The number of hydrogen-bond acceptors (Lipinski definition) is 6. The van der Waals surface area contributed by atoms with E-state index >= 15 is 0 Å². The van der Waals surface area contributed by atoms with Crippen molar-refractivity contribution in [2.45, 2.75) is 6.54 Å². The van der Waals surface area contributed by atoms with Crippen LogP contribution in [0, 0.1) is 5.82 Å². The summed E-state index contributed by atoms with van der Waals surface area (Å²) in [6, 6.07) is 11.4. The van der Waals surface area contributed by atoms with Crippen LogP contribution in [0.3, 0.4) is 0 Å². The van der Waals surface area contributed by atoms with E-state index in [1.807, 2.05) is 6.07 Å². The first-order chi connectivity index (χ1) is 13.1. The zero-order valence-corrected chi connectivity index (χ0v) is 15.7. The van der Waals surface area contributed by atoms with E-state index in [1.165, 1.54) is 23.9 Å². The van der Waals surface area contributed by atoms with Crippen molar-refractivity contribution in [1.29, 1.82) is 0 Å². The molecule has 2 aromatic carbocycles. The number of rotatable bonds is 6. The van der Waals surface area contributed by atoms with Gasteiger partial charge in [0.15, 0.2) is 5.17 Å². The number of carbonyl (C=O) groups is 1. The Morgan fingerprint density at radius 3 is 2.67 bits per heavy atom. The Kier molecular flexibility index (Phi) is 6.08. The fraction of sp³-hybridized carbons (Fsp3) is 0.211. The Hall–Kier alpha value is -2.87. The lowest BCUT2D eigenvalue weighted by Crippen LogP contribution is -2.28. The van der Waals surface area contributed by atoms with Crippen LogP contribution in [-0.2, 0) is 11.3 Å². The first-order valence-electron chi connectivity index (χ1n) is 8.11. The first kappa shape index (κ1) is 18.9. The maximum atomic E-state index is 13.0. The largest absolute Gasteiger partial charge is 0.497 e. The maximum absolute atomic E-state index is 13.0. The minimum Gasteiger partial charge on any atom is -0.497 e. The number of benzene rings is 2. The third-order valence-corrected chi connectivity index (χ3v) is 4.84. The van der Waals surface area contributed by atoms with Gasteiger partial charge in [0, 0.05) is 11.6 Å². The van der Waals surface area contributed by atoms with Crippen molar-refractivity contribution in [1.82, 2.24) is 4.90 Å². The number of amides is 1. The van der Waals surface area contributed by atoms with Crippen LogP contribution in [0.25, 0.3) is 0 Å². The van der Waals surface area contributed by atoms with E-state index in [-0.39, 0.29) is 11.7 Å². The van der Waals surface area contributed by atoms with Crippen LogP contribution in [0.5, 0.6) is 11.5 Å². The van der Waals surface area contributed by atoms with Gasteiger partial charge in [-0.3, -0.25) is 9.69 Å². The lowest BCUT2D eigenvalue weighted by molar-refractivity contribution is -0.124. The molecule has 0 N–H and O–H groups in total. The van der Waals surface area contributed by atoms with Gasteiger partial charge >= 0.3 is 0 Å². The molecule has 1 saturated heterocycles. The van der Waals surface area contributed by atoms with Crippen molar-refractivity contribution in [3.05, 3.63) is 59.4 Å². The molecular weight excluding hydrogens is 369 g/mol. The second-order valence-corrected chi connectivity index (χ2v) is 6.57. The third kappa shape index (κ3) is 4.65. The summed E-state index contributed by atoms with van der Waals surface area (Å²) in [7, 11) is 3.15. The Morgan fingerprint density at radius 1 is 1.19 bits per heavy atom. The molecule has 1 aliphatic rings. The molecule has 0 unspecified atom stereocenters. The van der Waals surface area contributed by atoms with Gasteiger partial charge < -0.3 is 9.47 Å². The molecule has 3 rings (SSSR count). The van der Waals surface area contributed by atoms with Crippen molar-refractivity contribution in [3.63, 3.8) is 0 Å². The van der Waals surface area contributed by atoms with Crippen LogP contribution in [0.15, 0.2) is 52.7 Å². The smallest absolute Gasteiger partial charge is 0.239 e. The number of methoxy groups -OCH3 is 2. The molecule has 0 atom stereocenters. The minimum atomic E-state index is -0.312. The van der Waals surface area contributed by atoms with E-state index in [0.717, 1.165) is 11.1 Å². The second-order valence-electron chi connectivity index (χ2n) is 5.63. The van der Waals surface area contributed by atoms with Crippen molar-refractivity contribution < 1.29 is 18.7 Å². The quantitative estimate of drug-likeness (QED) is 0.564. The highest BCUT2D eigenvalue weighted by atomic mass is 32.2. The van der Waals surface area contributed by atoms with Crippen LogP contribution in [-0.4, -0.2) is 42.2 Å². The highest BCUT2D eigenvalue weighted by Crippen LogP contribution is 2.24. The van der Waals surface area contributed by atoms with Gasteiger partial charge in [0.05, 0.1) is 32.7 Å². The summed E-state index contributed by atoms with van der Waals surface area (Å²) in [6.07, 6.45) is 1.56. The van der Waals surface area contributed by atoms with Crippen LogP contribution in [0.4, 0.5) is 4.39 Å². The van der Waals surface area contributed by atoms with E-state index in [1.54, 1.807) is 49.6 Å². The summed E-state index contributed by atoms with van der Waals surface area (Å²) < 4.78 is 23.5. The van der Waals surface area contributed by atoms with Crippen LogP contribution in [0.1, 0.15) is 11.1 Å². The van der Waals surface area contributed by atoms with Gasteiger partial charge in [-0.15, -0.1) is 5.10 Å². The molecule has 0 aromatic heterocycles. The zero-order chi connectivity index (χ0) is 19.2. The molecule has 6 nitrogen and oxygen atoms in total. The molecule has 1 heterocycles. The average Bonchev–Trinajstić information content (AvgIpc) is 3.03. The number of amidine groups is 1. The lowest BCUT2D eigenvalue weighted by atomic mass is 10.2. The van der Waals surface area contributed by atoms with E-state index in [2.05, 4.69) is 10.2 Å². The van der Waals surface area contributed by atoms with E-state index < -0.39 is 0 Å². The summed E-state index contributed by atoms with van der Waals surface area (Å²) in [6.45, 7) is 0.326. The van der Waals surface area contributed by atoms with Crippen molar-refractivity contribution in [2.24, 2.45) is 10.2 Å². The Bertz CT molecular complexity index is 884. The van der Waals surface area contributed by atoms with E-state index in [9.17, 15) is 9.18 Å². The SMILES string of the molecule is COc1ccc(/C=N\N=C2/SCC(=O)N2Cc2ccc(F)cc2)c(OC)c1. The Morgan fingerprint density at radius 2 is 1.96 bits per heavy atom. The predicted molar refractivity (Wildman–Crippen MR) is 104 cm³/mol. The van der Waals surface area contributed by atoms with Crippen molar-refractivity contribution >= 4 is 29.1 Å². The number of carbonyl (C=O) groups excluding carboxylic acids is 1. The monoisotopic (exact) mass is 387 g/mol. The number of thioether (sulfide) groups is 1. The first-order valence-corrected chi connectivity index (χ1v) is 9.10. The number of halogens is 1. The Labute approximate surface area is 160 Å². The molecule has 0 aliphatic carbocycles. The van der Waals surface area contributed by atoms with E-state index in [4.69, 9.17) is 9.47 Å². The summed E-state index contributed by atoms with van der Waals surface area (Å²) in [5.41, 5.74) is 1.56. The highest BCUT2D eigenvalue weighted by Gasteiger charge is 2.28. The summed E-state index contributed by atoms with van der Waals surface area (Å²) in [5.74, 6) is 1.23. The normalized spacial score (nSPS) is 15.7. The van der Waals surface area contributed by atoms with Gasteiger partial charge in [0.1, 0.15) is 17.3 Å². The molecule has 0 spiro atoms.